The fourth-order valence-electron chi connectivity index (χ4n) is 2.29. The number of nitrogens with zero attached hydrogens (tertiary/aromatic N) is 4. The van der Waals surface area contributed by atoms with Gasteiger partial charge in [-0.25, -0.2) is 4.68 Å². The summed E-state index contributed by atoms with van der Waals surface area (Å²) in [7, 11) is 0. The molecule has 0 spiro atoms. The minimum atomic E-state index is -0.749. The zero-order valence-corrected chi connectivity index (χ0v) is 13.3. The van der Waals surface area contributed by atoms with Crippen LogP contribution in [0.1, 0.15) is 21.7 Å². The molecule has 0 aliphatic rings. The van der Waals surface area contributed by atoms with Gasteiger partial charge in [0.15, 0.2) is 0 Å². The van der Waals surface area contributed by atoms with Crippen molar-refractivity contribution < 1.29 is 9.59 Å². The third-order valence-corrected chi connectivity index (χ3v) is 3.91. The van der Waals surface area contributed by atoms with Gasteiger partial charge in [0.05, 0.1) is 22.6 Å². The first kappa shape index (κ1) is 15.0. The van der Waals surface area contributed by atoms with Gasteiger partial charge in [0.25, 0.3) is 11.7 Å². The predicted octanol–water partition coefficient (Wildman–Crippen LogP) is 2.16. The smallest absolute Gasteiger partial charge is 0.294 e. The molecule has 0 unspecified atom stereocenters. The number of amides is 1. The van der Waals surface area contributed by atoms with E-state index in [1.54, 1.807) is 18.5 Å². The summed E-state index contributed by atoms with van der Waals surface area (Å²) in [5, 5.41) is 14.4. The van der Waals surface area contributed by atoms with E-state index in [1.807, 2.05) is 30.3 Å². The van der Waals surface area contributed by atoms with Crippen LogP contribution >= 0.6 is 11.3 Å². The van der Waals surface area contributed by atoms with Gasteiger partial charge < -0.3 is 0 Å². The summed E-state index contributed by atoms with van der Waals surface area (Å²) in [5.41, 5.74) is 3.73. The summed E-state index contributed by atoms with van der Waals surface area (Å²) < 4.78 is 1.65. The molecular weight excluding hydrogens is 314 g/mol. The van der Waals surface area contributed by atoms with E-state index in [0.717, 1.165) is 17.0 Å². The number of Topliss-reactive ketones (excluding diaryl/α,β-unsaturated/α-hetero) is 1. The van der Waals surface area contributed by atoms with Crippen molar-refractivity contribution in [3.63, 3.8) is 0 Å². The van der Waals surface area contributed by atoms with Crippen molar-refractivity contribution in [1.29, 1.82) is 0 Å². The normalized spacial score (nSPS) is 10.5. The molecule has 1 aromatic carbocycles. The van der Waals surface area contributed by atoms with E-state index in [4.69, 9.17) is 0 Å². The van der Waals surface area contributed by atoms with Gasteiger partial charge in [0.1, 0.15) is 5.51 Å². The Bertz CT molecular complexity index is 856. The van der Waals surface area contributed by atoms with Crippen molar-refractivity contribution in [2.45, 2.75) is 13.8 Å². The van der Waals surface area contributed by atoms with Gasteiger partial charge in [-0.1, -0.05) is 29.5 Å². The molecule has 0 aliphatic carbocycles. The SMILES string of the molecule is Cc1nn(-c2ccccc2)c(C)c1C(=O)C(=O)Nc1nncs1. The molecule has 0 saturated carbocycles. The van der Waals surface area contributed by atoms with E-state index in [1.165, 1.54) is 5.51 Å². The monoisotopic (exact) mass is 327 g/mol. The Kier molecular flexibility index (Phi) is 3.98. The number of ketones is 1. The van der Waals surface area contributed by atoms with Gasteiger partial charge in [-0.05, 0) is 26.0 Å². The summed E-state index contributed by atoms with van der Waals surface area (Å²) in [6.07, 6.45) is 0. The molecule has 1 N–H and O–H groups in total. The van der Waals surface area contributed by atoms with Gasteiger partial charge in [0.2, 0.25) is 5.13 Å². The predicted molar refractivity (Wildman–Crippen MR) is 85.9 cm³/mol. The van der Waals surface area contributed by atoms with Crippen LogP contribution in [0.3, 0.4) is 0 Å². The van der Waals surface area contributed by atoms with E-state index in [-0.39, 0.29) is 5.13 Å². The van der Waals surface area contributed by atoms with Crippen LogP contribution in [0.15, 0.2) is 35.8 Å². The number of aromatic nitrogens is 4. The first-order chi connectivity index (χ1) is 11.1. The molecule has 0 radical (unpaired) electrons. The van der Waals surface area contributed by atoms with Crippen LogP contribution in [0.5, 0.6) is 0 Å². The van der Waals surface area contributed by atoms with Crippen LogP contribution in [0.4, 0.5) is 5.13 Å². The fraction of sp³-hybridized carbons (Fsp3) is 0.133. The lowest BCUT2D eigenvalue weighted by atomic mass is 10.1. The van der Waals surface area contributed by atoms with Gasteiger partial charge >= 0.3 is 0 Å². The Hall–Kier alpha value is -2.87. The van der Waals surface area contributed by atoms with E-state index in [9.17, 15) is 9.59 Å². The summed E-state index contributed by atoms with van der Waals surface area (Å²) in [6, 6.07) is 9.44. The number of hydrogen-bond donors (Lipinski definition) is 1. The lowest BCUT2D eigenvalue weighted by molar-refractivity contribution is -0.112. The quantitative estimate of drug-likeness (QED) is 0.586. The largest absolute Gasteiger partial charge is 0.298 e. The number of para-hydroxylation sites is 1. The second-order valence-electron chi connectivity index (χ2n) is 4.82. The van der Waals surface area contributed by atoms with Gasteiger partial charge in [-0.2, -0.15) is 5.10 Å². The highest BCUT2D eigenvalue weighted by Crippen LogP contribution is 2.19. The van der Waals surface area contributed by atoms with E-state index < -0.39 is 11.7 Å². The molecule has 0 fully saturated rings. The Balaban J connectivity index is 1.92. The fourth-order valence-corrected chi connectivity index (χ4v) is 2.73. The van der Waals surface area contributed by atoms with Crippen LogP contribution in [0, 0.1) is 13.8 Å². The molecule has 0 aliphatic heterocycles. The Morgan fingerprint density at radius 1 is 1.17 bits per heavy atom. The number of rotatable bonds is 4. The van der Waals surface area contributed by atoms with Crippen molar-refractivity contribution in [3.8, 4) is 5.69 Å². The number of carbonyl (C=O) groups is 2. The summed E-state index contributed by atoms with van der Waals surface area (Å²) in [4.78, 5) is 24.6. The maximum atomic E-state index is 12.4. The van der Waals surface area contributed by atoms with Gasteiger partial charge in [-0.3, -0.25) is 14.9 Å². The molecule has 8 heteroatoms. The molecule has 3 aromatic rings. The zero-order valence-electron chi connectivity index (χ0n) is 12.5. The highest BCUT2D eigenvalue weighted by molar-refractivity contribution is 7.13. The van der Waals surface area contributed by atoms with Crippen LogP contribution in [-0.4, -0.2) is 31.7 Å². The van der Waals surface area contributed by atoms with Crippen LogP contribution in [0.2, 0.25) is 0 Å². The number of carbonyl (C=O) groups excluding carboxylic acids is 2. The average Bonchev–Trinajstić information content (AvgIpc) is 3.15. The molecule has 2 heterocycles. The van der Waals surface area contributed by atoms with Crippen molar-refractivity contribution in [2.24, 2.45) is 0 Å². The molecular formula is C15H13N5O2S. The zero-order chi connectivity index (χ0) is 16.4. The van der Waals surface area contributed by atoms with Crippen molar-refractivity contribution in [2.75, 3.05) is 5.32 Å². The Morgan fingerprint density at radius 2 is 1.91 bits per heavy atom. The molecule has 116 valence electrons. The van der Waals surface area contributed by atoms with E-state index in [0.29, 0.717) is 17.0 Å². The second-order valence-corrected chi connectivity index (χ2v) is 5.65. The first-order valence-corrected chi connectivity index (χ1v) is 7.69. The lowest BCUT2D eigenvalue weighted by Crippen LogP contribution is -2.24. The lowest BCUT2D eigenvalue weighted by Gasteiger charge is -2.04. The second kappa shape index (κ2) is 6.09. The highest BCUT2D eigenvalue weighted by atomic mass is 32.1. The van der Waals surface area contributed by atoms with Crippen LogP contribution < -0.4 is 5.32 Å². The third kappa shape index (κ3) is 2.88. The molecule has 7 nitrogen and oxygen atoms in total. The minimum absolute atomic E-state index is 0.286. The molecule has 0 saturated heterocycles. The number of hydrogen-bond acceptors (Lipinski definition) is 6. The van der Waals surface area contributed by atoms with Gasteiger partial charge in [-0.15, -0.1) is 10.2 Å². The maximum absolute atomic E-state index is 12.4. The first-order valence-electron chi connectivity index (χ1n) is 6.81. The van der Waals surface area contributed by atoms with E-state index >= 15 is 0 Å². The molecule has 0 bridgehead atoms. The highest BCUT2D eigenvalue weighted by Gasteiger charge is 2.25. The summed E-state index contributed by atoms with van der Waals surface area (Å²) in [6.45, 7) is 3.47. The average molecular weight is 327 g/mol. The number of aryl methyl sites for hydroxylation is 1. The minimum Gasteiger partial charge on any atom is -0.294 e. The molecule has 23 heavy (non-hydrogen) atoms. The third-order valence-electron chi connectivity index (χ3n) is 3.31. The summed E-state index contributed by atoms with van der Waals surface area (Å²) >= 11 is 1.15. The number of nitrogens with one attached hydrogen (secondary N) is 1. The molecule has 1 amide bonds. The Morgan fingerprint density at radius 3 is 2.57 bits per heavy atom. The maximum Gasteiger partial charge on any atom is 0.298 e. The topological polar surface area (TPSA) is 89.8 Å². The molecule has 2 aromatic heterocycles. The van der Waals surface area contributed by atoms with Crippen LogP contribution in [0.25, 0.3) is 5.69 Å². The molecule has 3 rings (SSSR count). The van der Waals surface area contributed by atoms with Crippen molar-refractivity contribution >= 4 is 28.2 Å². The Labute approximate surface area is 136 Å². The van der Waals surface area contributed by atoms with Crippen LogP contribution in [-0.2, 0) is 4.79 Å². The summed E-state index contributed by atoms with van der Waals surface area (Å²) in [5.74, 6) is -1.39. The number of anilines is 1. The standard InChI is InChI=1S/C15H13N5O2S/c1-9-12(13(21)14(22)17-15-18-16-8-23-15)10(2)20(19-9)11-6-4-3-5-7-11/h3-8H,1-2H3,(H,17,18,22). The number of benzene rings is 1. The van der Waals surface area contributed by atoms with Crippen molar-refractivity contribution in [1.82, 2.24) is 20.0 Å². The van der Waals surface area contributed by atoms with Gasteiger partial charge in [0, 0.05) is 0 Å². The molecule has 0 atom stereocenters. The van der Waals surface area contributed by atoms with E-state index in [2.05, 4.69) is 20.6 Å². The van der Waals surface area contributed by atoms with Crippen molar-refractivity contribution in [3.05, 3.63) is 52.8 Å².